The molecule has 2 heterocycles. The summed E-state index contributed by atoms with van der Waals surface area (Å²) in [6, 6.07) is 6.43. The van der Waals surface area contributed by atoms with Crippen molar-refractivity contribution in [2.75, 3.05) is 6.54 Å². The Hall–Kier alpha value is -1.49. The molecule has 0 aliphatic carbocycles. The second-order valence-electron chi connectivity index (χ2n) is 4.22. The number of aromatic nitrogens is 1. The third-order valence-corrected chi connectivity index (χ3v) is 3.60. The summed E-state index contributed by atoms with van der Waals surface area (Å²) in [5, 5.41) is 15.0. The van der Waals surface area contributed by atoms with E-state index in [1.165, 1.54) is 10.9 Å². The normalized spacial score (nSPS) is 20.1. The third kappa shape index (κ3) is 1.91. The molecule has 0 bridgehead atoms. The van der Waals surface area contributed by atoms with Crippen LogP contribution < -0.4 is 10.6 Å². The Morgan fingerprint density at radius 3 is 3.06 bits per heavy atom. The van der Waals surface area contributed by atoms with Gasteiger partial charge in [-0.1, -0.05) is 15.9 Å². The van der Waals surface area contributed by atoms with E-state index in [9.17, 15) is 0 Å². The fraction of sp³-hybridized carbons (Fsp3) is 0.250. The first-order valence-corrected chi connectivity index (χ1v) is 6.39. The Kier molecular flexibility index (Phi) is 2.55. The number of hydrogen-bond donors (Lipinski definition) is 4. The summed E-state index contributed by atoms with van der Waals surface area (Å²) >= 11 is 3.50. The minimum absolute atomic E-state index is 0.215. The third-order valence-electron chi connectivity index (χ3n) is 3.10. The predicted molar refractivity (Wildman–Crippen MR) is 72.2 cm³/mol. The van der Waals surface area contributed by atoms with Crippen molar-refractivity contribution < 1.29 is 0 Å². The van der Waals surface area contributed by atoms with Gasteiger partial charge in [-0.15, -0.1) is 0 Å². The van der Waals surface area contributed by atoms with Crippen molar-refractivity contribution in [2.45, 2.75) is 12.5 Å². The molecule has 17 heavy (non-hydrogen) atoms. The van der Waals surface area contributed by atoms with Crippen LogP contribution in [-0.4, -0.2) is 17.5 Å². The van der Waals surface area contributed by atoms with Crippen LogP contribution in [0.15, 0.2) is 28.9 Å². The lowest BCUT2D eigenvalue weighted by Crippen LogP contribution is -2.45. The van der Waals surface area contributed by atoms with E-state index in [1.54, 1.807) is 0 Å². The molecule has 88 valence electrons. The molecule has 1 unspecified atom stereocenters. The van der Waals surface area contributed by atoms with Crippen LogP contribution in [0.1, 0.15) is 18.0 Å². The maximum atomic E-state index is 7.63. The number of benzene rings is 1. The number of hydrogen-bond acceptors (Lipinski definition) is 1. The molecule has 4 nitrogen and oxygen atoms in total. The molecule has 0 spiro atoms. The summed E-state index contributed by atoms with van der Waals surface area (Å²) < 4.78 is 1.08. The zero-order chi connectivity index (χ0) is 11.8. The highest BCUT2D eigenvalue weighted by Gasteiger charge is 2.20. The Morgan fingerprint density at radius 2 is 2.24 bits per heavy atom. The molecular formula is C12H13BrN4. The number of rotatable bonds is 1. The lowest BCUT2D eigenvalue weighted by Gasteiger charge is -2.26. The summed E-state index contributed by atoms with van der Waals surface area (Å²) in [7, 11) is 0. The van der Waals surface area contributed by atoms with E-state index in [-0.39, 0.29) is 6.04 Å². The van der Waals surface area contributed by atoms with Crippen molar-refractivity contribution in [3.63, 3.8) is 0 Å². The number of H-pyrrole nitrogens is 1. The molecule has 0 amide bonds. The van der Waals surface area contributed by atoms with Gasteiger partial charge in [-0.3, -0.25) is 5.41 Å². The Bertz CT molecular complexity index is 575. The van der Waals surface area contributed by atoms with Crippen molar-refractivity contribution >= 4 is 32.8 Å². The highest BCUT2D eigenvalue weighted by molar-refractivity contribution is 9.10. The highest BCUT2D eigenvalue weighted by atomic mass is 79.9. The summed E-state index contributed by atoms with van der Waals surface area (Å²) in [6.07, 6.45) is 3.02. The van der Waals surface area contributed by atoms with E-state index in [4.69, 9.17) is 5.41 Å². The van der Waals surface area contributed by atoms with E-state index in [0.29, 0.717) is 5.96 Å². The van der Waals surface area contributed by atoms with Crippen LogP contribution in [0.2, 0.25) is 0 Å². The van der Waals surface area contributed by atoms with Crippen LogP contribution in [0.5, 0.6) is 0 Å². The molecule has 1 atom stereocenters. The molecule has 1 aliphatic heterocycles. The maximum absolute atomic E-state index is 7.63. The average Bonchev–Trinajstić information content (AvgIpc) is 2.71. The van der Waals surface area contributed by atoms with Gasteiger partial charge in [0.15, 0.2) is 5.96 Å². The number of guanidine groups is 1. The number of halogens is 1. The second kappa shape index (κ2) is 4.07. The lowest BCUT2D eigenvalue weighted by atomic mass is 10.0. The first-order chi connectivity index (χ1) is 8.24. The number of aromatic amines is 1. The molecule has 1 fully saturated rings. The zero-order valence-corrected chi connectivity index (χ0v) is 10.8. The van der Waals surface area contributed by atoms with Crippen molar-refractivity contribution in [1.82, 2.24) is 15.6 Å². The lowest BCUT2D eigenvalue weighted by molar-refractivity contribution is 0.530. The van der Waals surface area contributed by atoms with E-state index < -0.39 is 0 Å². The van der Waals surface area contributed by atoms with Crippen LogP contribution in [0, 0.1) is 5.41 Å². The van der Waals surface area contributed by atoms with E-state index in [2.05, 4.69) is 43.7 Å². The number of fused-ring (bicyclic) bond motifs is 1. The van der Waals surface area contributed by atoms with Gasteiger partial charge in [-0.25, -0.2) is 0 Å². The largest absolute Gasteiger partial charge is 0.361 e. The van der Waals surface area contributed by atoms with Gasteiger partial charge < -0.3 is 15.6 Å². The molecule has 0 saturated carbocycles. The van der Waals surface area contributed by atoms with Gasteiger partial charge in [0, 0.05) is 28.1 Å². The molecule has 1 aromatic heterocycles. The second-order valence-corrected chi connectivity index (χ2v) is 5.14. The first kappa shape index (κ1) is 10.7. The Balaban J connectivity index is 2.04. The molecule has 1 saturated heterocycles. The standard InChI is InChI=1S/C12H13BrN4/c13-7-1-2-10-8(5-7)9(6-16-10)11-3-4-15-12(14)17-11/h1-2,5-6,11,16H,3-4H2,(H3,14,15,17). The molecule has 1 aliphatic rings. The van der Waals surface area contributed by atoms with E-state index in [1.807, 2.05) is 12.3 Å². The maximum Gasteiger partial charge on any atom is 0.188 e. The Morgan fingerprint density at radius 1 is 1.35 bits per heavy atom. The summed E-state index contributed by atoms with van der Waals surface area (Å²) in [6.45, 7) is 0.844. The monoisotopic (exact) mass is 292 g/mol. The SMILES string of the molecule is N=C1NCCC(c2c[nH]c3ccc(Br)cc23)N1. The molecule has 1 aromatic carbocycles. The summed E-state index contributed by atoms with van der Waals surface area (Å²) in [5.41, 5.74) is 2.36. The minimum Gasteiger partial charge on any atom is -0.361 e. The van der Waals surface area contributed by atoms with Crippen molar-refractivity contribution in [3.05, 3.63) is 34.4 Å². The summed E-state index contributed by atoms with van der Waals surface area (Å²) in [4.78, 5) is 3.28. The molecule has 0 radical (unpaired) electrons. The van der Waals surface area contributed by atoms with Gasteiger partial charge in [0.2, 0.25) is 0 Å². The van der Waals surface area contributed by atoms with Gasteiger partial charge in [-0.2, -0.15) is 0 Å². The number of nitrogens with one attached hydrogen (secondary N) is 4. The van der Waals surface area contributed by atoms with E-state index in [0.717, 1.165) is 23.0 Å². The van der Waals surface area contributed by atoms with Crippen LogP contribution in [0.3, 0.4) is 0 Å². The van der Waals surface area contributed by atoms with E-state index >= 15 is 0 Å². The van der Waals surface area contributed by atoms with Gasteiger partial charge >= 0.3 is 0 Å². The van der Waals surface area contributed by atoms with Gasteiger partial charge in [0.1, 0.15) is 0 Å². The molecule has 5 heteroatoms. The molecule has 4 N–H and O–H groups in total. The minimum atomic E-state index is 0.215. The zero-order valence-electron chi connectivity index (χ0n) is 9.18. The quantitative estimate of drug-likeness (QED) is 0.653. The van der Waals surface area contributed by atoms with Gasteiger partial charge in [0.25, 0.3) is 0 Å². The van der Waals surface area contributed by atoms with Gasteiger partial charge in [-0.05, 0) is 30.2 Å². The van der Waals surface area contributed by atoms with Crippen molar-refractivity contribution in [2.24, 2.45) is 0 Å². The fourth-order valence-electron chi connectivity index (χ4n) is 2.27. The van der Waals surface area contributed by atoms with Crippen LogP contribution in [0.4, 0.5) is 0 Å². The van der Waals surface area contributed by atoms with Crippen molar-refractivity contribution in [3.8, 4) is 0 Å². The highest BCUT2D eigenvalue weighted by Crippen LogP contribution is 2.29. The molecule has 2 aromatic rings. The topological polar surface area (TPSA) is 63.7 Å². The average molecular weight is 293 g/mol. The fourth-order valence-corrected chi connectivity index (χ4v) is 2.64. The van der Waals surface area contributed by atoms with Crippen LogP contribution in [-0.2, 0) is 0 Å². The van der Waals surface area contributed by atoms with Crippen LogP contribution >= 0.6 is 15.9 Å². The smallest absolute Gasteiger partial charge is 0.188 e. The van der Waals surface area contributed by atoms with Crippen molar-refractivity contribution in [1.29, 1.82) is 5.41 Å². The Labute approximate surface area is 107 Å². The van der Waals surface area contributed by atoms with Crippen LogP contribution in [0.25, 0.3) is 10.9 Å². The molecule has 3 rings (SSSR count). The summed E-state index contributed by atoms with van der Waals surface area (Å²) in [5.74, 6) is 0.408. The molecular weight excluding hydrogens is 280 g/mol. The predicted octanol–water partition coefficient (Wildman–Crippen LogP) is 2.49. The first-order valence-electron chi connectivity index (χ1n) is 5.59. The van der Waals surface area contributed by atoms with Gasteiger partial charge in [0.05, 0.1) is 6.04 Å².